The molecule has 1 aliphatic heterocycles. The van der Waals surface area contributed by atoms with E-state index in [9.17, 15) is 9.59 Å². The highest BCUT2D eigenvalue weighted by Gasteiger charge is 2.35. The van der Waals surface area contributed by atoms with Gasteiger partial charge in [0.15, 0.2) is 0 Å². The molecule has 1 aliphatic rings. The Hall–Kier alpha value is -2.14. The second kappa shape index (κ2) is 6.54. The van der Waals surface area contributed by atoms with Crippen molar-refractivity contribution in [1.82, 2.24) is 0 Å². The van der Waals surface area contributed by atoms with E-state index in [1.54, 1.807) is 4.90 Å². The molecule has 1 heterocycles. The summed E-state index contributed by atoms with van der Waals surface area (Å²) in [4.78, 5) is 26.3. The van der Waals surface area contributed by atoms with Gasteiger partial charge >= 0.3 is 0 Å². The molecule has 0 aliphatic carbocycles. The van der Waals surface area contributed by atoms with Crippen LogP contribution in [0.25, 0.3) is 0 Å². The molecule has 0 bridgehead atoms. The Morgan fingerprint density at radius 1 is 1.22 bits per heavy atom. The van der Waals surface area contributed by atoms with Crippen LogP contribution in [0.1, 0.15) is 12.0 Å². The van der Waals surface area contributed by atoms with E-state index in [-0.39, 0.29) is 24.2 Å². The van der Waals surface area contributed by atoms with E-state index < -0.39 is 0 Å². The highest BCUT2D eigenvalue weighted by molar-refractivity contribution is 9.10. The summed E-state index contributed by atoms with van der Waals surface area (Å²) < 4.78 is 0.956. The second-order valence-electron chi connectivity index (χ2n) is 5.74. The minimum Gasteiger partial charge on any atom is -0.326 e. The minimum atomic E-state index is -0.327. The van der Waals surface area contributed by atoms with Gasteiger partial charge in [-0.15, -0.1) is 0 Å². The smallest absolute Gasteiger partial charge is 0.229 e. The fourth-order valence-electron chi connectivity index (χ4n) is 2.71. The Balaban J connectivity index is 1.69. The van der Waals surface area contributed by atoms with Crippen LogP contribution in [0.15, 0.2) is 53.0 Å². The molecule has 2 amide bonds. The number of anilines is 2. The molecule has 1 saturated heterocycles. The largest absolute Gasteiger partial charge is 0.326 e. The number of nitrogens with zero attached hydrogens (tertiary/aromatic N) is 1. The zero-order chi connectivity index (χ0) is 16.4. The molecule has 23 heavy (non-hydrogen) atoms. The van der Waals surface area contributed by atoms with Gasteiger partial charge in [0.2, 0.25) is 11.8 Å². The van der Waals surface area contributed by atoms with Crippen LogP contribution in [-0.2, 0) is 9.59 Å². The molecule has 1 N–H and O–H groups in total. The van der Waals surface area contributed by atoms with Crippen molar-refractivity contribution in [3.05, 3.63) is 58.6 Å². The van der Waals surface area contributed by atoms with Gasteiger partial charge in [-0.25, -0.2) is 0 Å². The second-order valence-corrected chi connectivity index (χ2v) is 6.66. The molecule has 2 aromatic carbocycles. The van der Waals surface area contributed by atoms with Gasteiger partial charge < -0.3 is 10.2 Å². The number of carbonyl (C=O) groups is 2. The first-order valence-electron chi connectivity index (χ1n) is 7.46. The monoisotopic (exact) mass is 372 g/mol. The van der Waals surface area contributed by atoms with Crippen molar-refractivity contribution in [3.8, 4) is 0 Å². The number of benzene rings is 2. The number of halogens is 1. The quantitative estimate of drug-likeness (QED) is 0.891. The molecule has 0 saturated carbocycles. The lowest BCUT2D eigenvalue weighted by atomic mass is 10.1. The summed E-state index contributed by atoms with van der Waals surface area (Å²) in [5.74, 6) is -0.450. The van der Waals surface area contributed by atoms with Crippen LogP contribution in [-0.4, -0.2) is 18.4 Å². The van der Waals surface area contributed by atoms with Crippen LogP contribution in [0.5, 0.6) is 0 Å². The van der Waals surface area contributed by atoms with E-state index in [0.29, 0.717) is 6.54 Å². The van der Waals surface area contributed by atoms with E-state index in [2.05, 4.69) is 21.2 Å². The summed E-state index contributed by atoms with van der Waals surface area (Å²) in [6.07, 6.45) is 0.246. The first-order chi connectivity index (χ1) is 11.0. The summed E-state index contributed by atoms with van der Waals surface area (Å²) in [6.45, 7) is 2.41. The van der Waals surface area contributed by atoms with Crippen molar-refractivity contribution < 1.29 is 9.59 Å². The van der Waals surface area contributed by atoms with E-state index in [1.165, 1.54) is 0 Å². The zero-order valence-electron chi connectivity index (χ0n) is 12.8. The fraction of sp³-hybridized carbons (Fsp3) is 0.222. The van der Waals surface area contributed by atoms with Gasteiger partial charge in [-0.2, -0.15) is 0 Å². The third-order valence-corrected chi connectivity index (χ3v) is 4.45. The van der Waals surface area contributed by atoms with Crippen LogP contribution in [0, 0.1) is 12.8 Å². The Labute approximate surface area is 143 Å². The molecule has 0 unspecified atom stereocenters. The van der Waals surface area contributed by atoms with Crippen molar-refractivity contribution in [2.24, 2.45) is 5.92 Å². The highest BCUT2D eigenvalue weighted by Crippen LogP contribution is 2.26. The lowest BCUT2D eigenvalue weighted by Gasteiger charge is -2.17. The van der Waals surface area contributed by atoms with Gasteiger partial charge in [-0.1, -0.05) is 28.1 Å². The third kappa shape index (κ3) is 3.62. The van der Waals surface area contributed by atoms with Gasteiger partial charge in [0, 0.05) is 28.8 Å². The van der Waals surface area contributed by atoms with Gasteiger partial charge in [0.05, 0.1) is 5.92 Å². The van der Waals surface area contributed by atoms with E-state index >= 15 is 0 Å². The van der Waals surface area contributed by atoms with Crippen LogP contribution in [0.3, 0.4) is 0 Å². The van der Waals surface area contributed by atoms with Crippen LogP contribution >= 0.6 is 15.9 Å². The Morgan fingerprint density at radius 2 is 1.96 bits per heavy atom. The third-order valence-electron chi connectivity index (χ3n) is 3.92. The molecule has 118 valence electrons. The Morgan fingerprint density at radius 3 is 2.65 bits per heavy atom. The van der Waals surface area contributed by atoms with Crippen molar-refractivity contribution in [3.63, 3.8) is 0 Å². The predicted molar refractivity (Wildman–Crippen MR) is 94.4 cm³/mol. The number of nitrogens with one attached hydrogen (secondary N) is 1. The average molecular weight is 373 g/mol. The fourth-order valence-corrected chi connectivity index (χ4v) is 2.97. The molecule has 1 fully saturated rings. The van der Waals surface area contributed by atoms with Crippen molar-refractivity contribution in [2.75, 3.05) is 16.8 Å². The summed E-state index contributed by atoms with van der Waals surface area (Å²) in [7, 11) is 0. The number of rotatable bonds is 3. The molecule has 0 aromatic heterocycles. The molecule has 3 rings (SSSR count). The zero-order valence-corrected chi connectivity index (χ0v) is 14.3. The maximum atomic E-state index is 12.4. The topological polar surface area (TPSA) is 49.4 Å². The molecule has 5 heteroatoms. The van der Waals surface area contributed by atoms with Gasteiger partial charge in [-0.05, 0) is 48.9 Å². The van der Waals surface area contributed by atoms with E-state index in [1.807, 2.05) is 55.5 Å². The van der Waals surface area contributed by atoms with Crippen molar-refractivity contribution in [1.29, 1.82) is 0 Å². The summed E-state index contributed by atoms with van der Waals surface area (Å²) >= 11 is 3.36. The standard InChI is InChI=1S/C18H17BrN2O2/c1-12-3-2-4-16(9-12)21-11-13(10-17(21)22)18(23)20-15-7-5-14(19)6-8-15/h2-9,13H,10-11H2,1H3,(H,20,23)/t13-/m0/s1. The van der Waals surface area contributed by atoms with Gasteiger partial charge in [0.1, 0.15) is 0 Å². The van der Waals surface area contributed by atoms with Gasteiger partial charge in [0.25, 0.3) is 0 Å². The van der Waals surface area contributed by atoms with Gasteiger partial charge in [-0.3, -0.25) is 9.59 Å². The first kappa shape index (κ1) is 15.7. The maximum Gasteiger partial charge on any atom is 0.229 e. The normalized spacial score (nSPS) is 17.4. The molecular formula is C18H17BrN2O2. The van der Waals surface area contributed by atoms with Crippen LogP contribution < -0.4 is 10.2 Å². The lowest BCUT2D eigenvalue weighted by molar-refractivity contribution is -0.122. The van der Waals surface area contributed by atoms with E-state index in [4.69, 9.17) is 0 Å². The molecule has 0 spiro atoms. The molecular weight excluding hydrogens is 356 g/mol. The molecule has 4 nitrogen and oxygen atoms in total. The SMILES string of the molecule is Cc1cccc(N2C[C@@H](C(=O)Nc3ccc(Br)cc3)CC2=O)c1. The first-order valence-corrected chi connectivity index (χ1v) is 8.26. The number of amides is 2. The maximum absolute atomic E-state index is 12.4. The molecule has 2 aromatic rings. The number of hydrogen-bond acceptors (Lipinski definition) is 2. The average Bonchev–Trinajstić information content (AvgIpc) is 2.92. The molecule has 0 radical (unpaired) electrons. The minimum absolute atomic E-state index is 0.00782. The van der Waals surface area contributed by atoms with Crippen LogP contribution in [0.2, 0.25) is 0 Å². The van der Waals surface area contributed by atoms with Crippen molar-refractivity contribution in [2.45, 2.75) is 13.3 Å². The Kier molecular flexibility index (Phi) is 4.48. The Bertz CT molecular complexity index is 743. The highest BCUT2D eigenvalue weighted by atomic mass is 79.9. The number of carbonyl (C=O) groups excluding carboxylic acids is 2. The summed E-state index contributed by atoms with van der Waals surface area (Å²) in [6, 6.07) is 15.2. The molecule has 1 atom stereocenters. The van der Waals surface area contributed by atoms with Crippen LogP contribution in [0.4, 0.5) is 11.4 Å². The number of aryl methyl sites for hydroxylation is 1. The number of hydrogen-bond donors (Lipinski definition) is 1. The van der Waals surface area contributed by atoms with Crippen molar-refractivity contribution >= 4 is 39.1 Å². The summed E-state index contributed by atoms with van der Waals surface area (Å²) in [5, 5.41) is 2.88. The van der Waals surface area contributed by atoms with E-state index in [0.717, 1.165) is 21.4 Å². The summed E-state index contributed by atoms with van der Waals surface area (Å²) in [5.41, 5.74) is 2.69. The lowest BCUT2D eigenvalue weighted by Crippen LogP contribution is -2.28. The predicted octanol–water partition coefficient (Wildman–Crippen LogP) is 3.75.